The molecule has 0 aliphatic carbocycles. The Labute approximate surface area is 86.5 Å². The molecule has 72 valence electrons. The molecule has 0 radical (unpaired) electrons. The van der Waals surface area contributed by atoms with Crippen LogP contribution >= 0.6 is 23.2 Å². The van der Waals surface area contributed by atoms with Crippen molar-refractivity contribution in [1.82, 2.24) is 0 Å². The van der Waals surface area contributed by atoms with Crippen LogP contribution in [0.4, 0.5) is 5.69 Å². The summed E-state index contributed by atoms with van der Waals surface area (Å²) in [7, 11) is 0. The topological polar surface area (TPSA) is 58.3 Å². The molecule has 0 spiro atoms. The molecular weight excluding hydrogens is 211 g/mol. The van der Waals surface area contributed by atoms with E-state index in [-0.39, 0.29) is 5.75 Å². The van der Waals surface area contributed by atoms with Gasteiger partial charge in [-0.3, -0.25) is 0 Å². The maximum Gasteiger partial charge on any atom is 0.118 e. The fourth-order valence-corrected chi connectivity index (χ4v) is 1.53. The lowest BCUT2D eigenvalue weighted by Gasteiger charge is -2.09. The fourth-order valence-electron chi connectivity index (χ4n) is 0.926. The third-order valence-corrected chi connectivity index (χ3v) is 2.07. The molecule has 13 heavy (non-hydrogen) atoms. The molecule has 4 N–H and O–H groups in total. The van der Waals surface area contributed by atoms with Gasteiger partial charge < -0.3 is 16.2 Å². The maximum absolute atomic E-state index is 9.12. The number of aromatic hydroxyl groups is 1. The van der Waals surface area contributed by atoms with E-state index in [0.717, 1.165) is 0 Å². The van der Waals surface area contributed by atoms with Crippen molar-refractivity contribution in [3.8, 4) is 5.75 Å². The highest BCUT2D eigenvalue weighted by molar-refractivity contribution is 6.39. The largest absolute Gasteiger partial charge is 0.508 e. The average molecular weight is 221 g/mol. The molecule has 0 unspecified atom stereocenters. The van der Waals surface area contributed by atoms with Gasteiger partial charge in [0.15, 0.2) is 0 Å². The highest BCUT2D eigenvalue weighted by atomic mass is 35.5. The summed E-state index contributed by atoms with van der Waals surface area (Å²) in [6, 6.07) is 2.85. The Balaban J connectivity index is 2.92. The maximum atomic E-state index is 9.12. The Morgan fingerprint density at radius 3 is 2.31 bits per heavy atom. The van der Waals surface area contributed by atoms with Gasteiger partial charge in [0.05, 0.1) is 15.7 Å². The molecule has 3 nitrogen and oxygen atoms in total. The number of hydrogen-bond donors (Lipinski definition) is 3. The summed E-state index contributed by atoms with van der Waals surface area (Å²) in [6.07, 6.45) is 0. The quantitative estimate of drug-likeness (QED) is 0.684. The van der Waals surface area contributed by atoms with Crippen LogP contribution in [0.3, 0.4) is 0 Å². The van der Waals surface area contributed by atoms with Crippen LogP contribution in [0, 0.1) is 0 Å². The summed E-state index contributed by atoms with van der Waals surface area (Å²) in [5.41, 5.74) is 5.91. The average Bonchev–Trinajstić information content (AvgIpc) is 2.02. The Morgan fingerprint density at radius 2 is 1.85 bits per heavy atom. The number of rotatable bonds is 3. The zero-order valence-electron chi connectivity index (χ0n) is 6.85. The van der Waals surface area contributed by atoms with E-state index in [1.165, 1.54) is 12.1 Å². The second kappa shape index (κ2) is 4.56. The summed E-state index contributed by atoms with van der Waals surface area (Å²) in [5.74, 6) is 0.0494. The first-order chi connectivity index (χ1) is 6.15. The van der Waals surface area contributed by atoms with Crippen molar-refractivity contribution in [2.75, 3.05) is 18.4 Å². The van der Waals surface area contributed by atoms with Crippen LogP contribution in [0.1, 0.15) is 0 Å². The molecule has 1 rings (SSSR count). The van der Waals surface area contributed by atoms with Crippen molar-refractivity contribution >= 4 is 28.9 Å². The number of anilines is 1. The van der Waals surface area contributed by atoms with Gasteiger partial charge in [0.1, 0.15) is 5.75 Å². The van der Waals surface area contributed by atoms with Gasteiger partial charge in [0.25, 0.3) is 0 Å². The minimum Gasteiger partial charge on any atom is -0.508 e. The number of phenols is 1. The summed E-state index contributed by atoms with van der Waals surface area (Å²) in [6.45, 7) is 1.08. The molecule has 1 aromatic rings. The molecule has 0 heterocycles. The minimum atomic E-state index is 0.0494. The molecule has 0 aliphatic rings. The standard InChI is InChI=1S/C8H10Cl2N2O/c9-6-3-5(13)4-7(10)8(6)12-2-1-11/h3-4,12-13H,1-2,11H2. The lowest BCUT2D eigenvalue weighted by atomic mass is 10.3. The van der Waals surface area contributed by atoms with E-state index >= 15 is 0 Å². The first-order valence-corrected chi connectivity index (χ1v) is 4.52. The van der Waals surface area contributed by atoms with E-state index in [1.54, 1.807) is 0 Å². The first-order valence-electron chi connectivity index (χ1n) is 3.77. The minimum absolute atomic E-state index is 0.0494. The van der Waals surface area contributed by atoms with Gasteiger partial charge in [0.2, 0.25) is 0 Å². The number of nitrogens with two attached hydrogens (primary N) is 1. The molecular formula is C8H10Cl2N2O. The van der Waals surface area contributed by atoms with E-state index in [2.05, 4.69) is 5.32 Å². The third-order valence-electron chi connectivity index (χ3n) is 1.47. The van der Waals surface area contributed by atoms with Crippen LogP contribution in [-0.4, -0.2) is 18.2 Å². The van der Waals surface area contributed by atoms with Crippen molar-refractivity contribution in [1.29, 1.82) is 0 Å². The summed E-state index contributed by atoms with van der Waals surface area (Å²) in [4.78, 5) is 0. The van der Waals surface area contributed by atoms with Crippen LogP contribution in [0.5, 0.6) is 5.75 Å². The molecule has 0 saturated carbocycles. The van der Waals surface area contributed by atoms with Crippen molar-refractivity contribution in [2.24, 2.45) is 5.73 Å². The molecule has 1 aromatic carbocycles. The predicted molar refractivity (Wildman–Crippen MR) is 55.7 cm³/mol. The van der Waals surface area contributed by atoms with E-state index in [1.807, 2.05) is 0 Å². The Kier molecular flexibility index (Phi) is 3.66. The van der Waals surface area contributed by atoms with Crippen LogP contribution in [-0.2, 0) is 0 Å². The summed E-state index contributed by atoms with van der Waals surface area (Å²) >= 11 is 11.6. The highest BCUT2D eigenvalue weighted by Crippen LogP contribution is 2.33. The molecule has 0 aliphatic heterocycles. The number of nitrogens with one attached hydrogen (secondary N) is 1. The monoisotopic (exact) mass is 220 g/mol. The van der Waals surface area contributed by atoms with Gasteiger partial charge in [-0.1, -0.05) is 23.2 Å². The lowest BCUT2D eigenvalue weighted by molar-refractivity contribution is 0.475. The van der Waals surface area contributed by atoms with Gasteiger partial charge in [-0.2, -0.15) is 0 Å². The SMILES string of the molecule is NCCNc1c(Cl)cc(O)cc1Cl. The normalized spacial score (nSPS) is 10.1. The molecule has 0 aromatic heterocycles. The Hall–Kier alpha value is -0.640. The number of phenolic OH excluding ortho intramolecular Hbond substituents is 1. The molecule has 0 bridgehead atoms. The number of hydrogen-bond acceptors (Lipinski definition) is 3. The van der Waals surface area contributed by atoms with Crippen molar-refractivity contribution < 1.29 is 5.11 Å². The van der Waals surface area contributed by atoms with Crippen molar-refractivity contribution in [2.45, 2.75) is 0 Å². The zero-order valence-corrected chi connectivity index (χ0v) is 8.36. The summed E-state index contributed by atoms with van der Waals surface area (Å²) < 4.78 is 0. The van der Waals surface area contributed by atoms with E-state index in [9.17, 15) is 0 Å². The fraction of sp³-hybridized carbons (Fsp3) is 0.250. The van der Waals surface area contributed by atoms with E-state index < -0.39 is 0 Å². The van der Waals surface area contributed by atoms with E-state index in [0.29, 0.717) is 28.8 Å². The lowest BCUT2D eigenvalue weighted by Crippen LogP contribution is -2.13. The third kappa shape index (κ3) is 2.66. The van der Waals surface area contributed by atoms with Crippen LogP contribution in [0.2, 0.25) is 10.0 Å². The zero-order chi connectivity index (χ0) is 9.84. The van der Waals surface area contributed by atoms with Gasteiger partial charge in [-0.25, -0.2) is 0 Å². The van der Waals surface area contributed by atoms with Crippen molar-refractivity contribution in [3.63, 3.8) is 0 Å². The van der Waals surface area contributed by atoms with Crippen LogP contribution in [0.25, 0.3) is 0 Å². The molecule has 0 fully saturated rings. The molecule has 5 heteroatoms. The van der Waals surface area contributed by atoms with E-state index in [4.69, 9.17) is 34.0 Å². The Morgan fingerprint density at radius 1 is 1.31 bits per heavy atom. The van der Waals surface area contributed by atoms with Crippen LogP contribution in [0.15, 0.2) is 12.1 Å². The van der Waals surface area contributed by atoms with Gasteiger partial charge in [0, 0.05) is 25.2 Å². The Bertz CT molecular complexity index is 281. The second-order valence-electron chi connectivity index (χ2n) is 2.50. The number of benzene rings is 1. The summed E-state index contributed by atoms with van der Waals surface area (Å²) in [5, 5.41) is 12.9. The molecule has 0 amide bonds. The first kappa shape index (κ1) is 10.4. The predicted octanol–water partition coefficient (Wildman–Crippen LogP) is 2.07. The van der Waals surface area contributed by atoms with Gasteiger partial charge in [-0.15, -0.1) is 0 Å². The van der Waals surface area contributed by atoms with Gasteiger partial charge in [-0.05, 0) is 0 Å². The number of halogens is 2. The van der Waals surface area contributed by atoms with Crippen LogP contribution < -0.4 is 11.1 Å². The highest BCUT2D eigenvalue weighted by Gasteiger charge is 2.06. The van der Waals surface area contributed by atoms with Gasteiger partial charge >= 0.3 is 0 Å². The molecule has 0 saturated heterocycles. The van der Waals surface area contributed by atoms with Crippen molar-refractivity contribution in [3.05, 3.63) is 22.2 Å². The second-order valence-corrected chi connectivity index (χ2v) is 3.31. The molecule has 0 atom stereocenters. The smallest absolute Gasteiger partial charge is 0.118 e.